The second-order valence-corrected chi connectivity index (χ2v) is 9.50. The third kappa shape index (κ3) is 7.30. The molecule has 2 aromatic rings. The minimum absolute atomic E-state index is 0.0263. The Morgan fingerprint density at radius 3 is 2.48 bits per heavy atom. The van der Waals surface area contributed by atoms with E-state index in [1.165, 1.54) is 0 Å². The highest BCUT2D eigenvalue weighted by Crippen LogP contribution is 2.32. The van der Waals surface area contributed by atoms with Gasteiger partial charge in [-0.3, -0.25) is 9.59 Å². The zero-order chi connectivity index (χ0) is 24.0. The number of hydrogen-bond donors (Lipinski definition) is 3. The number of benzene rings is 2. The van der Waals surface area contributed by atoms with E-state index in [1.807, 2.05) is 24.3 Å². The molecular weight excluding hydrogens is 475 g/mol. The average molecular weight is 500 g/mol. The summed E-state index contributed by atoms with van der Waals surface area (Å²) in [5, 5.41) is 6.02. The van der Waals surface area contributed by atoms with Gasteiger partial charge in [0.05, 0.1) is 17.7 Å². The molecule has 5 nitrogen and oxygen atoms in total. The molecule has 2 unspecified atom stereocenters. The molecule has 1 saturated carbocycles. The van der Waals surface area contributed by atoms with Gasteiger partial charge in [-0.1, -0.05) is 24.4 Å². The van der Waals surface area contributed by atoms with Crippen molar-refractivity contribution in [1.82, 2.24) is 10.6 Å². The van der Waals surface area contributed by atoms with Crippen molar-refractivity contribution in [1.29, 1.82) is 0 Å². The number of halogens is 4. The maximum atomic E-state index is 12.9. The number of nitrogens with one attached hydrogen (secondary N) is 2. The van der Waals surface area contributed by atoms with Gasteiger partial charge in [-0.15, -0.1) is 11.8 Å². The van der Waals surface area contributed by atoms with Crippen molar-refractivity contribution in [3.8, 4) is 0 Å². The Bertz CT molecular complexity index is 986. The van der Waals surface area contributed by atoms with Crippen LogP contribution in [0.4, 0.5) is 18.9 Å². The monoisotopic (exact) mass is 499 g/mol. The standard InChI is InChI=1S/C23H25ClF3N3O2S/c24-16-6-8-17(9-7-16)33-13-14-3-1-2-4-20(14)30-21(31)12-29-22(32)18-11-15(23(25,26)27)5-10-19(18)28/h5-11,14,20H,1-4,12-13,28H2,(H,29,32)(H,30,31). The van der Waals surface area contributed by atoms with E-state index in [-0.39, 0.29) is 35.7 Å². The molecule has 0 aromatic heterocycles. The molecule has 2 atom stereocenters. The molecule has 1 fully saturated rings. The molecule has 0 saturated heterocycles. The summed E-state index contributed by atoms with van der Waals surface area (Å²) in [7, 11) is 0. The predicted molar refractivity (Wildman–Crippen MR) is 124 cm³/mol. The number of amides is 2. The second kappa shape index (κ2) is 11.2. The van der Waals surface area contributed by atoms with Crippen LogP contribution in [0.5, 0.6) is 0 Å². The molecular formula is C23H25ClF3N3O2S. The number of alkyl halides is 3. The molecule has 1 aliphatic rings. The zero-order valence-electron chi connectivity index (χ0n) is 17.8. The van der Waals surface area contributed by atoms with Gasteiger partial charge in [-0.05, 0) is 61.2 Å². The zero-order valence-corrected chi connectivity index (χ0v) is 19.3. The van der Waals surface area contributed by atoms with Crippen LogP contribution in [0.15, 0.2) is 47.4 Å². The summed E-state index contributed by atoms with van der Waals surface area (Å²) in [6.45, 7) is -0.345. The van der Waals surface area contributed by atoms with Crippen LogP contribution in [0.2, 0.25) is 5.02 Å². The highest BCUT2D eigenvalue weighted by atomic mass is 35.5. The minimum atomic E-state index is -4.60. The summed E-state index contributed by atoms with van der Waals surface area (Å²) < 4.78 is 38.8. The van der Waals surface area contributed by atoms with Gasteiger partial charge in [0.25, 0.3) is 5.91 Å². The minimum Gasteiger partial charge on any atom is -0.398 e. The Balaban J connectivity index is 1.53. The molecule has 0 heterocycles. The van der Waals surface area contributed by atoms with Crippen LogP contribution in [-0.2, 0) is 11.0 Å². The maximum absolute atomic E-state index is 12.9. The van der Waals surface area contributed by atoms with E-state index in [0.29, 0.717) is 11.1 Å². The van der Waals surface area contributed by atoms with Gasteiger partial charge in [0.15, 0.2) is 0 Å². The Morgan fingerprint density at radius 2 is 1.79 bits per heavy atom. The Labute approximate surface area is 199 Å². The molecule has 33 heavy (non-hydrogen) atoms. The van der Waals surface area contributed by atoms with Crippen LogP contribution in [0.25, 0.3) is 0 Å². The molecule has 0 aliphatic heterocycles. The van der Waals surface area contributed by atoms with E-state index >= 15 is 0 Å². The quantitative estimate of drug-likeness (QED) is 0.364. The van der Waals surface area contributed by atoms with E-state index in [9.17, 15) is 22.8 Å². The molecule has 178 valence electrons. The fourth-order valence-electron chi connectivity index (χ4n) is 3.77. The number of anilines is 1. The fraction of sp³-hybridized carbons (Fsp3) is 0.391. The summed E-state index contributed by atoms with van der Waals surface area (Å²) >= 11 is 7.63. The predicted octanol–water partition coefficient (Wildman–Crippen LogP) is 5.14. The fourth-order valence-corrected chi connectivity index (χ4v) is 5.03. The van der Waals surface area contributed by atoms with Gasteiger partial charge in [0.2, 0.25) is 5.91 Å². The lowest BCUT2D eigenvalue weighted by Crippen LogP contribution is -2.47. The van der Waals surface area contributed by atoms with Crippen LogP contribution in [0.3, 0.4) is 0 Å². The van der Waals surface area contributed by atoms with Gasteiger partial charge in [-0.25, -0.2) is 0 Å². The van der Waals surface area contributed by atoms with Crippen molar-refractivity contribution in [3.05, 3.63) is 58.6 Å². The lowest BCUT2D eigenvalue weighted by Gasteiger charge is -2.32. The maximum Gasteiger partial charge on any atom is 0.416 e. The number of nitrogens with two attached hydrogens (primary N) is 1. The van der Waals surface area contributed by atoms with Gasteiger partial charge >= 0.3 is 6.18 Å². The lowest BCUT2D eigenvalue weighted by atomic mass is 9.86. The Kier molecular flexibility index (Phi) is 8.53. The van der Waals surface area contributed by atoms with Crippen LogP contribution in [-0.4, -0.2) is 30.2 Å². The van der Waals surface area contributed by atoms with Crippen molar-refractivity contribution < 1.29 is 22.8 Å². The van der Waals surface area contributed by atoms with Gasteiger partial charge in [0.1, 0.15) is 0 Å². The van der Waals surface area contributed by atoms with Crippen molar-refractivity contribution in [2.75, 3.05) is 18.0 Å². The number of thioether (sulfide) groups is 1. The van der Waals surface area contributed by atoms with Crippen molar-refractivity contribution in [2.24, 2.45) is 5.92 Å². The molecule has 2 amide bonds. The lowest BCUT2D eigenvalue weighted by molar-refractivity contribution is -0.137. The molecule has 3 rings (SSSR count). The van der Waals surface area contributed by atoms with E-state index in [0.717, 1.165) is 48.5 Å². The molecule has 0 spiro atoms. The van der Waals surface area contributed by atoms with E-state index < -0.39 is 17.6 Å². The summed E-state index contributed by atoms with van der Waals surface area (Å²) in [6.07, 6.45) is -0.686. The van der Waals surface area contributed by atoms with E-state index in [4.69, 9.17) is 17.3 Å². The Hall–Kier alpha value is -2.39. The summed E-state index contributed by atoms with van der Waals surface area (Å²) in [5.41, 5.74) is 4.28. The highest BCUT2D eigenvalue weighted by Gasteiger charge is 2.32. The van der Waals surface area contributed by atoms with Crippen LogP contribution in [0.1, 0.15) is 41.6 Å². The normalized spacial score (nSPS) is 18.5. The summed E-state index contributed by atoms with van der Waals surface area (Å²) in [4.78, 5) is 25.9. The number of carbonyl (C=O) groups excluding carboxylic acids is 2. The van der Waals surface area contributed by atoms with Crippen molar-refractivity contribution >= 4 is 40.9 Å². The van der Waals surface area contributed by atoms with Gasteiger partial charge in [-0.2, -0.15) is 13.2 Å². The number of rotatable bonds is 7. The molecule has 0 bridgehead atoms. The first-order valence-corrected chi connectivity index (χ1v) is 11.9. The van der Waals surface area contributed by atoms with E-state index in [2.05, 4.69) is 10.6 Å². The molecule has 1 aliphatic carbocycles. The van der Waals surface area contributed by atoms with Crippen LogP contribution in [0, 0.1) is 5.92 Å². The first-order valence-electron chi connectivity index (χ1n) is 10.6. The molecule has 2 aromatic carbocycles. The average Bonchev–Trinajstić information content (AvgIpc) is 2.77. The molecule has 4 N–H and O–H groups in total. The van der Waals surface area contributed by atoms with Crippen LogP contribution < -0.4 is 16.4 Å². The first-order chi connectivity index (χ1) is 15.6. The SMILES string of the molecule is Nc1ccc(C(F)(F)F)cc1C(=O)NCC(=O)NC1CCCCC1CSc1ccc(Cl)cc1. The summed E-state index contributed by atoms with van der Waals surface area (Å²) in [6, 6.07) is 10.1. The van der Waals surface area contributed by atoms with Crippen molar-refractivity contribution in [3.63, 3.8) is 0 Å². The van der Waals surface area contributed by atoms with E-state index in [1.54, 1.807) is 11.8 Å². The number of carbonyl (C=O) groups is 2. The highest BCUT2D eigenvalue weighted by molar-refractivity contribution is 7.99. The molecule has 0 radical (unpaired) electrons. The number of hydrogen-bond acceptors (Lipinski definition) is 4. The first kappa shape index (κ1) is 25.2. The topological polar surface area (TPSA) is 84.2 Å². The third-order valence-corrected chi connectivity index (χ3v) is 7.02. The Morgan fingerprint density at radius 1 is 1.09 bits per heavy atom. The number of nitrogen functional groups attached to an aromatic ring is 1. The summed E-state index contributed by atoms with van der Waals surface area (Å²) in [5.74, 6) is -0.104. The smallest absolute Gasteiger partial charge is 0.398 e. The van der Waals surface area contributed by atoms with Gasteiger partial charge in [0, 0.05) is 27.4 Å². The van der Waals surface area contributed by atoms with Crippen molar-refractivity contribution in [2.45, 2.75) is 42.8 Å². The molecule has 10 heteroatoms. The van der Waals surface area contributed by atoms with Crippen LogP contribution >= 0.6 is 23.4 Å². The second-order valence-electron chi connectivity index (χ2n) is 7.97. The van der Waals surface area contributed by atoms with Gasteiger partial charge < -0.3 is 16.4 Å². The largest absolute Gasteiger partial charge is 0.416 e. The third-order valence-electron chi connectivity index (χ3n) is 5.57.